The van der Waals surface area contributed by atoms with E-state index in [0.29, 0.717) is 12.2 Å². The number of carbonyl (C=O) groups excluding carboxylic acids is 1. The van der Waals surface area contributed by atoms with Crippen LogP contribution in [0.15, 0.2) is 35.8 Å². The molecule has 7 heteroatoms. The first kappa shape index (κ1) is 16.1. The molecule has 1 saturated heterocycles. The number of H-pyrrole nitrogens is 1. The average molecular weight is 355 g/mol. The number of hydrogen-bond acceptors (Lipinski definition) is 5. The lowest BCUT2D eigenvalue weighted by atomic mass is 10.2. The molecule has 1 amide bonds. The molecule has 4 rings (SSSR count). The van der Waals surface area contributed by atoms with Crippen LogP contribution in [0.25, 0.3) is 10.2 Å². The number of fused-ring (bicyclic) bond motifs is 1. The molecule has 1 fully saturated rings. The minimum Gasteiger partial charge on any atom is -0.354 e. The van der Waals surface area contributed by atoms with Crippen molar-refractivity contribution in [2.24, 2.45) is 0 Å². The number of nitrogens with one attached hydrogen (secondary N) is 2. The number of rotatable bonds is 4. The Hall–Kier alpha value is -2.38. The van der Waals surface area contributed by atoms with Crippen LogP contribution >= 0.6 is 11.3 Å². The molecule has 1 aliphatic rings. The highest BCUT2D eigenvalue weighted by Gasteiger charge is 2.18. The molecule has 0 radical (unpaired) electrons. The zero-order valence-electron chi connectivity index (χ0n) is 14.2. The molecular weight excluding hydrogens is 334 g/mol. The van der Waals surface area contributed by atoms with Gasteiger partial charge in [0.05, 0.1) is 10.2 Å². The summed E-state index contributed by atoms with van der Waals surface area (Å²) in [5.41, 5.74) is 2.66. The lowest BCUT2D eigenvalue weighted by Gasteiger charge is -2.34. The van der Waals surface area contributed by atoms with E-state index in [-0.39, 0.29) is 5.91 Å². The smallest absolute Gasteiger partial charge is 0.268 e. The quantitative estimate of drug-likeness (QED) is 0.754. The van der Waals surface area contributed by atoms with Crippen molar-refractivity contribution in [1.29, 1.82) is 0 Å². The van der Waals surface area contributed by atoms with Gasteiger partial charge in [0, 0.05) is 44.5 Å². The molecule has 0 bridgehead atoms. The fourth-order valence-electron chi connectivity index (χ4n) is 3.11. The number of pyridine rings is 1. The number of carbonyl (C=O) groups is 1. The molecule has 3 aromatic rings. The highest BCUT2D eigenvalue weighted by Crippen LogP contribution is 2.22. The third-order valence-corrected chi connectivity index (χ3v) is 5.46. The number of likely N-dealkylation sites (N-methyl/N-ethyl adjacent to an activating group) is 1. The molecule has 2 N–H and O–H groups in total. The molecular formula is C18H21N5OS. The van der Waals surface area contributed by atoms with E-state index in [1.807, 2.05) is 35.8 Å². The Morgan fingerprint density at radius 3 is 2.96 bits per heavy atom. The molecule has 0 aliphatic carbocycles. The van der Waals surface area contributed by atoms with Crippen LogP contribution in [0.3, 0.4) is 0 Å². The average Bonchev–Trinajstić information content (AvgIpc) is 3.23. The van der Waals surface area contributed by atoms with Gasteiger partial charge in [-0.25, -0.2) is 4.98 Å². The van der Waals surface area contributed by atoms with Gasteiger partial charge in [0.1, 0.15) is 11.5 Å². The van der Waals surface area contributed by atoms with Gasteiger partial charge in [0.25, 0.3) is 5.91 Å². The van der Waals surface area contributed by atoms with Crippen molar-refractivity contribution in [2.75, 3.05) is 38.1 Å². The summed E-state index contributed by atoms with van der Waals surface area (Å²) < 4.78 is 1.10. The molecule has 6 nitrogen and oxygen atoms in total. The fourth-order valence-corrected chi connectivity index (χ4v) is 3.90. The third-order valence-electron chi connectivity index (χ3n) is 4.59. The standard InChI is InChI=1S/C18H21N5OS/c1-22-6-8-23(9-7-22)17-13(3-2-5-19-17)12-20-18(24)15-11-16-14(21-15)4-10-25-16/h2-5,10-11,21H,6-9,12H2,1H3,(H,20,24). The summed E-state index contributed by atoms with van der Waals surface area (Å²) in [5.74, 6) is 0.889. The molecule has 0 spiro atoms. The number of thiophene rings is 1. The predicted molar refractivity (Wildman–Crippen MR) is 101 cm³/mol. The predicted octanol–water partition coefficient (Wildman–Crippen LogP) is 2.31. The lowest BCUT2D eigenvalue weighted by Crippen LogP contribution is -2.45. The Bertz CT molecular complexity index is 850. The second-order valence-corrected chi connectivity index (χ2v) is 7.29. The second-order valence-electron chi connectivity index (χ2n) is 6.34. The summed E-state index contributed by atoms with van der Waals surface area (Å²) in [5, 5.41) is 5.03. The highest BCUT2D eigenvalue weighted by atomic mass is 32.1. The largest absolute Gasteiger partial charge is 0.354 e. The zero-order valence-corrected chi connectivity index (χ0v) is 15.0. The van der Waals surface area contributed by atoms with Crippen LogP contribution in [-0.4, -0.2) is 54.0 Å². The molecule has 0 unspecified atom stereocenters. The van der Waals surface area contributed by atoms with Crippen LogP contribution in [-0.2, 0) is 6.54 Å². The Labute approximate surface area is 150 Å². The summed E-state index contributed by atoms with van der Waals surface area (Å²) in [7, 11) is 2.14. The van der Waals surface area contributed by atoms with Crippen LogP contribution in [0.4, 0.5) is 5.82 Å². The monoisotopic (exact) mass is 355 g/mol. The van der Waals surface area contributed by atoms with Crippen molar-refractivity contribution >= 4 is 33.3 Å². The summed E-state index contributed by atoms with van der Waals surface area (Å²) >= 11 is 1.63. The first-order chi connectivity index (χ1) is 12.2. The Morgan fingerprint density at radius 2 is 2.16 bits per heavy atom. The summed E-state index contributed by atoms with van der Waals surface area (Å²) in [4.78, 5) is 24.8. The molecule has 1 aliphatic heterocycles. The van der Waals surface area contributed by atoms with E-state index in [0.717, 1.165) is 47.8 Å². The van der Waals surface area contributed by atoms with Crippen molar-refractivity contribution in [3.63, 3.8) is 0 Å². The normalized spacial score (nSPS) is 15.6. The zero-order chi connectivity index (χ0) is 17.2. The summed E-state index contributed by atoms with van der Waals surface area (Å²) in [6.07, 6.45) is 1.82. The first-order valence-electron chi connectivity index (χ1n) is 8.42. The number of aromatic nitrogens is 2. The maximum absolute atomic E-state index is 12.4. The van der Waals surface area contributed by atoms with Gasteiger partial charge in [0.15, 0.2) is 0 Å². The van der Waals surface area contributed by atoms with Crippen LogP contribution < -0.4 is 10.2 Å². The number of piperazine rings is 1. The lowest BCUT2D eigenvalue weighted by molar-refractivity contribution is 0.0947. The van der Waals surface area contributed by atoms with Gasteiger partial charge in [-0.3, -0.25) is 4.79 Å². The van der Waals surface area contributed by atoms with Crippen molar-refractivity contribution < 1.29 is 4.79 Å². The molecule has 130 valence electrons. The number of hydrogen-bond donors (Lipinski definition) is 2. The number of amides is 1. The van der Waals surface area contributed by atoms with Gasteiger partial charge in [0.2, 0.25) is 0 Å². The van der Waals surface area contributed by atoms with E-state index in [1.54, 1.807) is 11.3 Å². The van der Waals surface area contributed by atoms with E-state index < -0.39 is 0 Å². The number of aromatic amines is 1. The molecule has 25 heavy (non-hydrogen) atoms. The molecule has 0 saturated carbocycles. The summed E-state index contributed by atoms with van der Waals surface area (Å²) in [6, 6.07) is 7.85. The molecule has 0 aromatic carbocycles. The van der Waals surface area contributed by atoms with Crippen molar-refractivity contribution in [1.82, 2.24) is 20.2 Å². The Morgan fingerprint density at radius 1 is 1.32 bits per heavy atom. The molecule has 4 heterocycles. The van der Waals surface area contributed by atoms with Gasteiger partial charge in [-0.05, 0) is 30.6 Å². The fraction of sp³-hybridized carbons (Fsp3) is 0.333. The summed E-state index contributed by atoms with van der Waals surface area (Å²) in [6.45, 7) is 4.45. The SMILES string of the molecule is CN1CCN(c2ncccc2CNC(=O)c2cc3sccc3[nH]2)CC1. The minimum atomic E-state index is -0.0865. The maximum atomic E-state index is 12.4. The van der Waals surface area contributed by atoms with Crippen LogP contribution in [0.2, 0.25) is 0 Å². The number of nitrogens with zero attached hydrogens (tertiary/aromatic N) is 3. The van der Waals surface area contributed by atoms with Gasteiger partial charge < -0.3 is 20.1 Å². The van der Waals surface area contributed by atoms with Gasteiger partial charge in [-0.15, -0.1) is 11.3 Å². The number of anilines is 1. The van der Waals surface area contributed by atoms with E-state index in [9.17, 15) is 4.79 Å². The third kappa shape index (κ3) is 3.38. The highest BCUT2D eigenvalue weighted by molar-refractivity contribution is 7.17. The van der Waals surface area contributed by atoms with Gasteiger partial charge in [-0.1, -0.05) is 6.07 Å². The van der Waals surface area contributed by atoms with E-state index in [1.165, 1.54) is 0 Å². The Kier molecular flexibility index (Phi) is 4.42. The van der Waals surface area contributed by atoms with Crippen molar-refractivity contribution in [3.8, 4) is 0 Å². The van der Waals surface area contributed by atoms with Crippen molar-refractivity contribution in [3.05, 3.63) is 47.1 Å². The van der Waals surface area contributed by atoms with E-state index >= 15 is 0 Å². The minimum absolute atomic E-state index is 0.0865. The first-order valence-corrected chi connectivity index (χ1v) is 9.30. The van der Waals surface area contributed by atoms with E-state index in [4.69, 9.17) is 0 Å². The van der Waals surface area contributed by atoms with Crippen LogP contribution in [0.1, 0.15) is 16.1 Å². The van der Waals surface area contributed by atoms with Gasteiger partial charge >= 0.3 is 0 Å². The topological polar surface area (TPSA) is 64.3 Å². The second kappa shape index (κ2) is 6.85. The maximum Gasteiger partial charge on any atom is 0.268 e. The van der Waals surface area contributed by atoms with Crippen LogP contribution in [0.5, 0.6) is 0 Å². The molecule has 0 atom stereocenters. The molecule has 3 aromatic heterocycles. The Balaban J connectivity index is 1.45. The van der Waals surface area contributed by atoms with Gasteiger partial charge in [-0.2, -0.15) is 0 Å². The van der Waals surface area contributed by atoms with Crippen LogP contribution in [0, 0.1) is 0 Å². The van der Waals surface area contributed by atoms with Crippen molar-refractivity contribution in [2.45, 2.75) is 6.54 Å². The van der Waals surface area contributed by atoms with E-state index in [2.05, 4.69) is 32.1 Å².